The lowest BCUT2D eigenvalue weighted by atomic mass is 10.1. The molecule has 1 aliphatic carbocycles. The summed E-state index contributed by atoms with van der Waals surface area (Å²) in [7, 11) is 1.92. The van der Waals surface area contributed by atoms with Crippen molar-refractivity contribution in [1.29, 1.82) is 0 Å². The predicted octanol–water partition coefficient (Wildman–Crippen LogP) is 2.55. The first-order chi connectivity index (χ1) is 9.76. The largest absolute Gasteiger partial charge is 0.485 e. The zero-order chi connectivity index (χ0) is 13.9. The van der Waals surface area contributed by atoms with E-state index in [1.165, 1.54) is 5.56 Å². The van der Waals surface area contributed by atoms with Gasteiger partial charge < -0.3 is 14.6 Å². The monoisotopic (exact) mass is 273 g/mol. The van der Waals surface area contributed by atoms with Crippen LogP contribution in [0.4, 0.5) is 0 Å². The van der Waals surface area contributed by atoms with Gasteiger partial charge in [0.2, 0.25) is 11.7 Å². The fraction of sp³-hybridized carbons (Fsp3) is 0.467. The van der Waals surface area contributed by atoms with Crippen molar-refractivity contribution in [1.82, 2.24) is 15.5 Å². The highest BCUT2D eigenvalue weighted by Crippen LogP contribution is 2.38. The Balaban J connectivity index is 1.67. The van der Waals surface area contributed by atoms with Gasteiger partial charge in [0.15, 0.2) is 6.61 Å². The van der Waals surface area contributed by atoms with Crippen LogP contribution in [0.5, 0.6) is 5.75 Å². The average molecular weight is 273 g/mol. The van der Waals surface area contributed by atoms with Gasteiger partial charge >= 0.3 is 0 Å². The molecule has 1 aromatic carbocycles. The van der Waals surface area contributed by atoms with Crippen molar-refractivity contribution in [2.45, 2.75) is 38.8 Å². The van der Waals surface area contributed by atoms with Gasteiger partial charge in [0.25, 0.3) is 0 Å². The van der Waals surface area contributed by atoms with Crippen LogP contribution in [0.25, 0.3) is 0 Å². The van der Waals surface area contributed by atoms with Crippen LogP contribution in [0.15, 0.2) is 22.7 Å². The number of hydrogen-bond donors (Lipinski definition) is 1. The van der Waals surface area contributed by atoms with Crippen molar-refractivity contribution in [3.8, 4) is 5.75 Å². The molecule has 0 saturated heterocycles. The molecule has 2 aromatic rings. The molecule has 0 radical (unpaired) electrons. The molecule has 106 valence electrons. The van der Waals surface area contributed by atoms with E-state index in [1.54, 1.807) is 0 Å². The number of benzene rings is 1. The molecule has 0 aliphatic heterocycles. The standard InChI is InChI=1S/C15H19N3O2/c1-10-3-6-13(12(7-10)8-16-2)19-9-14-17-15(20-18-14)11-4-5-11/h3,6-7,11,16H,4-5,8-9H2,1-2H3. The van der Waals surface area contributed by atoms with Crippen molar-refractivity contribution in [3.63, 3.8) is 0 Å². The lowest BCUT2D eigenvalue weighted by Gasteiger charge is -2.10. The quantitative estimate of drug-likeness (QED) is 0.876. The third kappa shape index (κ3) is 2.99. The minimum absolute atomic E-state index is 0.343. The molecule has 1 aromatic heterocycles. The van der Waals surface area contributed by atoms with Crippen molar-refractivity contribution >= 4 is 0 Å². The van der Waals surface area contributed by atoms with Crippen LogP contribution in [0, 0.1) is 6.92 Å². The van der Waals surface area contributed by atoms with E-state index < -0.39 is 0 Å². The highest BCUT2D eigenvalue weighted by atomic mass is 16.5. The fourth-order valence-electron chi connectivity index (χ4n) is 2.14. The number of ether oxygens (including phenoxy) is 1. The van der Waals surface area contributed by atoms with E-state index >= 15 is 0 Å². The smallest absolute Gasteiger partial charge is 0.229 e. The molecule has 1 saturated carbocycles. The van der Waals surface area contributed by atoms with E-state index in [2.05, 4.69) is 28.4 Å². The topological polar surface area (TPSA) is 60.2 Å². The van der Waals surface area contributed by atoms with Gasteiger partial charge in [-0.2, -0.15) is 4.98 Å². The Morgan fingerprint density at radius 3 is 3.00 bits per heavy atom. The number of rotatable bonds is 6. The second-order valence-electron chi connectivity index (χ2n) is 5.25. The van der Waals surface area contributed by atoms with Crippen LogP contribution >= 0.6 is 0 Å². The van der Waals surface area contributed by atoms with Gasteiger partial charge in [-0.15, -0.1) is 0 Å². The van der Waals surface area contributed by atoms with Gasteiger partial charge in [0.05, 0.1) is 0 Å². The second kappa shape index (κ2) is 5.63. The van der Waals surface area contributed by atoms with E-state index in [0.717, 1.165) is 36.6 Å². The van der Waals surface area contributed by atoms with Crippen molar-refractivity contribution in [3.05, 3.63) is 41.0 Å². The molecule has 1 N–H and O–H groups in total. The summed E-state index contributed by atoms with van der Waals surface area (Å²) >= 11 is 0. The van der Waals surface area contributed by atoms with Gasteiger partial charge in [-0.1, -0.05) is 22.9 Å². The Bertz CT molecular complexity index is 591. The van der Waals surface area contributed by atoms with Gasteiger partial charge in [-0.05, 0) is 32.9 Å². The number of nitrogens with zero attached hydrogens (tertiary/aromatic N) is 2. The first-order valence-corrected chi connectivity index (χ1v) is 6.95. The summed E-state index contributed by atoms with van der Waals surface area (Å²) in [6.45, 7) is 3.19. The minimum Gasteiger partial charge on any atom is -0.485 e. The molecule has 20 heavy (non-hydrogen) atoms. The Kier molecular flexibility index (Phi) is 3.69. The normalized spacial score (nSPS) is 14.5. The molecule has 1 aliphatic rings. The summed E-state index contributed by atoms with van der Waals surface area (Å²) < 4.78 is 11.0. The predicted molar refractivity (Wildman–Crippen MR) is 74.5 cm³/mol. The highest BCUT2D eigenvalue weighted by molar-refractivity contribution is 5.36. The molecule has 3 rings (SSSR count). The van der Waals surface area contributed by atoms with Crippen LogP contribution in [0.1, 0.15) is 41.6 Å². The Morgan fingerprint density at radius 1 is 1.40 bits per heavy atom. The summed E-state index contributed by atoms with van der Waals surface area (Å²) in [6.07, 6.45) is 2.32. The maximum atomic E-state index is 5.82. The average Bonchev–Trinajstić information content (AvgIpc) is 3.18. The van der Waals surface area contributed by atoms with Gasteiger partial charge in [-0.3, -0.25) is 0 Å². The molecule has 0 atom stereocenters. The zero-order valence-electron chi connectivity index (χ0n) is 11.8. The van der Waals surface area contributed by atoms with E-state index in [9.17, 15) is 0 Å². The molecule has 0 spiro atoms. The fourth-order valence-corrected chi connectivity index (χ4v) is 2.14. The molecule has 1 fully saturated rings. The van der Waals surface area contributed by atoms with E-state index in [0.29, 0.717) is 18.3 Å². The van der Waals surface area contributed by atoms with E-state index in [-0.39, 0.29) is 0 Å². The van der Waals surface area contributed by atoms with Gasteiger partial charge in [0.1, 0.15) is 5.75 Å². The molecular formula is C15H19N3O2. The van der Waals surface area contributed by atoms with Crippen LogP contribution in [0.3, 0.4) is 0 Å². The SMILES string of the molecule is CNCc1cc(C)ccc1OCc1noc(C2CC2)n1. The van der Waals surface area contributed by atoms with Gasteiger partial charge in [0, 0.05) is 18.0 Å². The van der Waals surface area contributed by atoms with Crippen molar-refractivity contribution < 1.29 is 9.26 Å². The zero-order valence-corrected chi connectivity index (χ0v) is 11.8. The molecule has 0 amide bonds. The Morgan fingerprint density at radius 2 is 2.25 bits per heavy atom. The third-order valence-electron chi connectivity index (χ3n) is 3.35. The molecule has 5 nitrogen and oxygen atoms in total. The molecule has 1 heterocycles. The first kappa shape index (κ1) is 13.1. The van der Waals surface area contributed by atoms with Crippen LogP contribution in [-0.2, 0) is 13.2 Å². The minimum atomic E-state index is 0.343. The molecule has 5 heteroatoms. The summed E-state index contributed by atoms with van der Waals surface area (Å²) in [6, 6.07) is 6.15. The van der Waals surface area contributed by atoms with Crippen molar-refractivity contribution in [2.75, 3.05) is 7.05 Å². The molecule has 0 bridgehead atoms. The second-order valence-corrected chi connectivity index (χ2v) is 5.25. The van der Waals surface area contributed by atoms with Crippen molar-refractivity contribution in [2.24, 2.45) is 0 Å². The summed E-state index contributed by atoms with van der Waals surface area (Å²) in [4.78, 5) is 4.36. The van der Waals surface area contributed by atoms with E-state index in [4.69, 9.17) is 9.26 Å². The molecular weight excluding hydrogens is 254 g/mol. The van der Waals surface area contributed by atoms with Crippen LogP contribution in [-0.4, -0.2) is 17.2 Å². The summed E-state index contributed by atoms with van der Waals surface area (Å²) in [5.74, 6) is 2.71. The third-order valence-corrected chi connectivity index (χ3v) is 3.35. The van der Waals surface area contributed by atoms with Gasteiger partial charge in [-0.25, -0.2) is 0 Å². The molecule has 0 unspecified atom stereocenters. The summed E-state index contributed by atoms with van der Waals surface area (Å²) in [5, 5.41) is 7.11. The maximum Gasteiger partial charge on any atom is 0.229 e. The number of nitrogens with one attached hydrogen (secondary N) is 1. The van der Waals surface area contributed by atoms with E-state index in [1.807, 2.05) is 19.2 Å². The number of hydrogen-bond acceptors (Lipinski definition) is 5. The van der Waals surface area contributed by atoms with Crippen LogP contribution in [0.2, 0.25) is 0 Å². The Hall–Kier alpha value is -1.88. The lowest BCUT2D eigenvalue weighted by Crippen LogP contribution is -2.08. The van der Waals surface area contributed by atoms with Crippen LogP contribution < -0.4 is 10.1 Å². The summed E-state index contributed by atoms with van der Waals surface area (Å²) in [5.41, 5.74) is 2.36. The Labute approximate surface area is 118 Å². The number of aromatic nitrogens is 2. The number of aryl methyl sites for hydroxylation is 1. The highest BCUT2D eigenvalue weighted by Gasteiger charge is 2.29. The lowest BCUT2D eigenvalue weighted by molar-refractivity contribution is 0.282. The maximum absolute atomic E-state index is 5.82. The first-order valence-electron chi connectivity index (χ1n) is 6.95.